The summed E-state index contributed by atoms with van der Waals surface area (Å²) >= 11 is 3.04. The van der Waals surface area contributed by atoms with E-state index in [1.54, 1.807) is 0 Å². The first-order valence-corrected chi connectivity index (χ1v) is 6.99. The molecule has 0 spiro atoms. The van der Waals surface area contributed by atoms with Crippen molar-refractivity contribution in [2.75, 3.05) is 18.4 Å². The zero-order chi connectivity index (χ0) is 14.0. The molecule has 1 aliphatic rings. The van der Waals surface area contributed by atoms with Crippen LogP contribution in [0.25, 0.3) is 0 Å². The quantitative estimate of drug-likeness (QED) is 0.898. The molecule has 2 rings (SSSR count). The highest BCUT2D eigenvalue weighted by Gasteiger charge is 2.29. The third-order valence-corrected chi connectivity index (χ3v) is 3.71. The zero-order valence-electron chi connectivity index (χ0n) is 10.5. The van der Waals surface area contributed by atoms with Gasteiger partial charge in [0.2, 0.25) is 5.91 Å². The maximum atomic E-state index is 13.6. The molecule has 1 fully saturated rings. The summed E-state index contributed by atoms with van der Waals surface area (Å²) in [6.45, 7) is 3.00. The SMILES string of the molecule is CCN(CC(=O)Nc1c(F)cc(F)cc1Br)C1CC1. The second kappa shape index (κ2) is 5.96. The summed E-state index contributed by atoms with van der Waals surface area (Å²) in [7, 11) is 0. The highest BCUT2D eigenvalue weighted by molar-refractivity contribution is 9.10. The average molecular weight is 333 g/mol. The zero-order valence-corrected chi connectivity index (χ0v) is 12.1. The number of likely N-dealkylation sites (N-methyl/N-ethyl adjacent to an activating group) is 1. The van der Waals surface area contributed by atoms with E-state index < -0.39 is 11.6 Å². The van der Waals surface area contributed by atoms with Crippen molar-refractivity contribution in [2.24, 2.45) is 0 Å². The fourth-order valence-corrected chi connectivity index (χ4v) is 2.47. The molecule has 0 unspecified atom stereocenters. The lowest BCUT2D eigenvalue weighted by Gasteiger charge is -2.19. The Morgan fingerprint density at radius 1 is 1.47 bits per heavy atom. The van der Waals surface area contributed by atoms with Crippen molar-refractivity contribution in [2.45, 2.75) is 25.8 Å². The minimum atomic E-state index is -0.783. The first-order chi connectivity index (χ1) is 9.01. The Morgan fingerprint density at radius 2 is 2.16 bits per heavy atom. The number of anilines is 1. The van der Waals surface area contributed by atoms with E-state index in [9.17, 15) is 13.6 Å². The molecular formula is C13H15BrF2N2O. The van der Waals surface area contributed by atoms with Gasteiger partial charge in [0.05, 0.1) is 12.2 Å². The fraction of sp³-hybridized carbons (Fsp3) is 0.462. The first-order valence-electron chi connectivity index (χ1n) is 6.19. The van der Waals surface area contributed by atoms with Crippen molar-refractivity contribution >= 4 is 27.5 Å². The number of carbonyl (C=O) groups is 1. The van der Waals surface area contributed by atoms with E-state index in [2.05, 4.69) is 21.2 Å². The van der Waals surface area contributed by atoms with Gasteiger partial charge in [-0.15, -0.1) is 0 Å². The molecule has 1 saturated carbocycles. The van der Waals surface area contributed by atoms with Crippen molar-refractivity contribution in [3.05, 3.63) is 28.2 Å². The smallest absolute Gasteiger partial charge is 0.238 e. The molecule has 6 heteroatoms. The number of benzene rings is 1. The van der Waals surface area contributed by atoms with E-state index in [0.29, 0.717) is 6.04 Å². The number of carbonyl (C=O) groups excluding carboxylic acids is 1. The number of nitrogens with one attached hydrogen (secondary N) is 1. The number of hydrogen-bond acceptors (Lipinski definition) is 2. The van der Waals surface area contributed by atoms with E-state index in [4.69, 9.17) is 0 Å². The number of amides is 1. The summed E-state index contributed by atoms with van der Waals surface area (Å²) in [5, 5.41) is 2.48. The van der Waals surface area contributed by atoms with Gasteiger partial charge in [0, 0.05) is 16.6 Å². The van der Waals surface area contributed by atoms with Gasteiger partial charge in [0.1, 0.15) is 5.82 Å². The topological polar surface area (TPSA) is 32.3 Å². The van der Waals surface area contributed by atoms with Gasteiger partial charge in [0.25, 0.3) is 0 Å². The Balaban J connectivity index is 2.02. The summed E-state index contributed by atoms with van der Waals surface area (Å²) in [6, 6.07) is 2.34. The second-order valence-corrected chi connectivity index (χ2v) is 5.44. The van der Waals surface area contributed by atoms with Crippen LogP contribution in [-0.2, 0) is 4.79 Å². The third kappa shape index (κ3) is 3.73. The van der Waals surface area contributed by atoms with Crippen molar-refractivity contribution in [1.82, 2.24) is 4.90 Å². The van der Waals surface area contributed by atoms with E-state index in [1.807, 2.05) is 11.8 Å². The van der Waals surface area contributed by atoms with Crippen LogP contribution in [0.5, 0.6) is 0 Å². The van der Waals surface area contributed by atoms with Gasteiger partial charge in [-0.1, -0.05) is 6.92 Å². The van der Waals surface area contributed by atoms with E-state index >= 15 is 0 Å². The number of halogens is 3. The molecule has 0 atom stereocenters. The van der Waals surface area contributed by atoms with Crippen LogP contribution in [0.4, 0.5) is 14.5 Å². The molecule has 0 aromatic heterocycles. The molecule has 19 heavy (non-hydrogen) atoms. The summed E-state index contributed by atoms with van der Waals surface area (Å²) in [6.07, 6.45) is 2.21. The number of nitrogens with zero attached hydrogens (tertiary/aromatic N) is 1. The second-order valence-electron chi connectivity index (χ2n) is 4.59. The maximum absolute atomic E-state index is 13.6. The summed E-state index contributed by atoms with van der Waals surface area (Å²) < 4.78 is 26.7. The van der Waals surface area contributed by atoms with Gasteiger partial charge in [-0.3, -0.25) is 9.69 Å². The van der Waals surface area contributed by atoms with Gasteiger partial charge < -0.3 is 5.32 Å². The molecule has 1 amide bonds. The lowest BCUT2D eigenvalue weighted by Crippen LogP contribution is -2.34. The summed E-state index contributed by atoms with van der Waals surface area (Å²) in [4.78, 5) is 13.9. The van der Waals surface area contributed by atoms with Crippen LogP contribution < -0.4 is 5.32 Å². The van der Waals surface area contributed by atoms with Gasteiger partial charge in [-0.05, 0) is 41.4 Å². The molecule has 0 heterocycles. The molecule has 104 valence electrons. The first kappa shape index (κ1) is 14.4. The van der Waals surface area contributed by atoms with Gasteiger partial charge in [-0.2, -0.15) is 0 Å². The highest BCUT2D eigenvalue weighted by atomic mass is 79.9. The molecule has 0 radical (unpaired) electrons. The molecule has 1 aliphatic carbocycles. The number of hydrogen-bond donors (Lipinski definition) is 1. The Morgan fingerprint density at radius 3 is 2.68 bits per heavy atom. The molecule has 0 aliphatic heterocycles. The van der Waals surface area contributed by atoms with Crippen molar-refractivity contribution < 1.29 is 13.6 Å². The van der Waals surface area contributed by atoms with Crippen LogP contribution >= 0.6 is 15.9 Å². The molecule has 1 aromatic carbocycles. The van der Waals surface area contributed by atoms with E-state index in [-0.39, 0.29) is 22.6 Å². The minimum Gasteiger partial charge on any atom is -0.322 e. The molecule has 1 aromatic rings. The van der Waals surface area contributed by atoms with Crippen LogP contribution in [0.2, 0.25) is 0 Å². The predicted molar refractivity (Wildman–Crippen MR) is 73.0 cm³/mol. The highest BCUT2D eigenvalue weighted by Crippen LogP contribution is 2.28. The molecule has 0 bridgehead atoms. The monoisotopic (exact) mass is 332 g/mol. The summed E-state index contributed by atoms with van der Waals surface area (Å²) in [5.74, 6) is -1.76. The Bertz CT molecular complexity index is 469. The van der Waals surface area contributed by atoms with Crippen LogP contribution in [0.1, 0.15) is 19.8 Å². The van der Waals surface area contributed by atoms with Crippen LogP contribution in [-0.4, -0.2) is 29.9 Å². The Hall–Kier alpha value is -1.01. The maximum Gasteiger partial charge on any atom is 0.238 e. The van der Waals surface area contributed by atoms with E-state index in [1.165, 1.54) is 0 Å². The standard InChI is InChI=1S/C13H15BrF2N2O/c1-2-18(9-3-4-9)7-12(19)17-13-10(14)5-8(15)6-11(13)16/h5-6,9H,2-4,7H2,1H3,(H,17,19). The molecule has 1 N–H and O–H groups in total. The van der Waals surface area contributed by atoms with E-state index in [0.717, 1.165) is 31.5 Å². The predicted octanol–water partition coefficient (Wildman–Crippen LogP) is 3.15. The van der Waals surface area contributed by atoms with Crippen molar-refractivity contribution in [1.29, 1.82) is 0 Å². The normalized spacial score (nSPS) is 14.8. The van der Waals surface area contributed by atoms with Crippen LogP contribution in [0.15, 0.2) is 16.6 Å². The average Bonchev–Trinajstić information content (AvgIpc) is 3.15. The molecule has 0 saturated heterocycles. The fourth-order valence-electron chi connectivity index (χ4n) is 1.96. The van der Waals surface area contributed by atoms with Gasteiger partial charge >= 0.3 is 0 Å². The summed E-state index contributed by atoms with van der Waals surface area (Å²) in [5.41, 5.74) is -0.0155. The Kier molecular flexibility index (Phi) is 4.52. The van der Waals surface area contributed by atoms with Crippen LogP contribution in [0, 0.1) is 11.6 Å². The Labute approximate surface area is 119 Å². The van der Waals surface area contributed by atoms with Gasteiger partial charge in [0.15, 0.2) is 5.82 Å². The van der Waals surface area contributed by atoms with Gasteiger partial charge in [-0.25, -0.2) is 8.78 Å². The van der Waals surface area contributed by atoms with Crippen LogP contribution in [0.3, 0.4) is 0 Å². The number of rotatable bonds is 5. The lowest BCUT2D eigenvalue weighted by atomic mass is 10.3. The lowest BCUT2D eigenvalue weighted by molar-refractivity contribution is -0.117. The molecule has 3 nitrogen and oxygen atoms in total. The molecular weight excluding hydrogens is 318 g/mol. The largest absolute Gasteiger partial charge is 0.322 e. The minimum absolute atomic E-state index is 0.0155. The van der Waals surface area contributed by atoms with Crippen molar-refractivity contribution in [3.8, 4) is 0 Å². The third-order valence-electron chi connectivity index (χ3n) is 3.09. The van der Waals surface area contributed by atoms with Crippen molar-refractivity contribution in [3.63, 3.8) is 0 Å².